The van der Waals surface area contributed by atoms with Crippen LogP contribution in [0.4, 0.5) is 0 Å². The van der Waals surface area contributed by atoms with Gasteiger partial charge in [-0.2, -0.15) is 5.11 Å². The Morgan fingerprint density at radius 3 is 2.79 bits per heavy atom. The van der Waals surface area contributed by atoms with Gasteiger partial charge in [0.1, 0.15) is 11.9 Å². The fourth-order valence-electron chi connectivity index (χ4n) is 3.32. The Hall–Kier alpha value is -2.12. The summed E-state index contributed by atoms with van der Waals surface area (Å²) in [6.45, 7) is 12.9. The van der Waals surface area contributed by atoms with Crippen LogP contribution >= 0.6 is 0 Å². The van der Waals surface area contributed by atoms with E-state index in [9.17, 15) is 10.2 Å². The molecule has 1 rings (SSSR count). The van der Waals surface area contributed by atoms with Crippen LogP contribution in [0.2, 0.25) is 0 Å². The van der Waals surface area contributed by atoms with Gasteiger partial charge in [0.25, 0.3) is 0 Å². The molecule has 29 heavy (non-hydrogen) atoms. The second kappa shape index (κ2) is 13.2. The van der Waals surface area contributed by atoms with Crippen molar-refractivity contribution >= 4 is 0 Å². The molecule has 1 aliphatic heterocycles. The molecule has 5 N–H and O–H groups in total. The first kappa shape index (κ1) is 24.9. The summed E-state index contributed by atoms with van der Waals surface area (Å²) in [4.78, 5) is 1.92. The summed E-state index contributed by atoms with van der Waals surface area (Å²) in [6, 6.07) is 0. The molecule has 0 radical (unpaired) electrons. The van der Waals surface area contributed by atoms with Crippen LogP contribution in [0.3, 0.4) is 0 Å². The van der Waals surface area contributed by atoms with Crippen molar-refractivity contribution in [3.05, 3.63) is 47.8 Å². The predicted molar refractivity (Wildman–Crippen MR) is 118 cm³/mol. The molecular weight excluding hydrogens is 366 g/mol. The molecular formula is C22H39N5O2. The lowest BCUT2D eigenvalue weighted by atomic mass is 9.89. The molecule has 0 aliphatic carbocycles. The third kappa shape index (κ3) is 8.83. The summed E-state index contributed by atoms with van der Waals surface area (Å²) < 4.78 is 0. The van der Waals surface area contributed by atoms with Crippen molar-refractivity contribution in [3.63, 3.8) is 0 Å². The molecule has 0 bridgehead atoms. The van der Waals surface area contributed by atoms with Gasteiger partial charge < -0.3 is 25.7 Å². The van der Waals surface area contributed by atoms with Gasteiger partial charge in [-0.3, -0.25) is 0 Å². The number of nitrogens with one attached hydrogen (secondary N) is 3. The van der Waals surface area contributed by atoms with Crippen LogP contribution in [-0.4, -0.2) is 47.9 Å². The predicted octanol–water partition coefficient (Wildman–Crippen LogP) is 4.04. The molecule has 0 saturated heterocycles. The molecule has 7 heteroatoms. The Morgan fingerprint density at radius 1 is 1.45 bits per heavy atom. The van der Waals surface area contributed by atoms with Crippen LogP contribution in [0.5, 0.6) is 0 Å². The van der Waals surface area contributed by atoms with Gasteiger partial charge in [-0.25, -0.2) is 5.53 Å². The lowest BCUT2D eigenvalue weighted by Gasteiger charge is -2.27. The third-order valence-electron chi connectivity index (χ3n) is 5.37. The molecule has 1 aliphatic rings. The molecule has 0 amide bonds. The minimum atomic E-state index is -0.907. The molecule has 0 aromatic rings. The van der Waals surface area contributed by atoms with Crippen molar-refractivity contribution < 1.29 is 10.2 Å². The van der Waals surface area contributed by atoms with Crippen molar-refractivity contribution in [1.82, 2.24) is 15.5 Å². The number of hydrogen-bond acceptors (Lipinski definition) is 7. The Labute approximate surface area is 175 Å². The largest absolute Gasteiger partial charge is 0.507 e. The molecule has 1 heterocycles. The zero-order chi connectivity index (χ0) is 21.8. The first-order valence-electron chi connectivity index (χ1n) is 10.4. The van der Waals surface area contributed by atoms with Gasteiger partial charge >= 0.3 is 0 Å². The molecule has 0 aromatic carbocycles. The standard InChI is InChI=1S/C22H39N5O2/c1-16(2)19(14-24-5)8-7-17(3)13-20(26-23)15-25-10-6-11-27-12-9-21(28)22(29)18(27)4/h9,12,15-16,19,21,23-25,28-29H,3,6-8,10-11,13-14H2,1-2,4-5H3/b20-15-,26-23?. The van der Waals surface area contributed by atoms with Gasteiger partial charge in [0.05, 0.1) is 11.4 Å². The van der Waals surface area contributed by atoms with Gasteiger partial charge in [-0.15, -0.1) is 0 Å². The molecule has 2 atom stereocenters. The number of allylic oxidation sites excluding steroid dienone is 2. The topological polar surface area (TPSA) is 104 Å². The maximum absolute atomic E-state index is 9.81. The van der Waals surface area contributed by atoms with E-state index in [2.05, 4.69) is 36.2 Å². The van der Waals surface area contributed by atoms with Crippen LogP contribution in [-0.2, 0) is 0 Å². The van der Waals surface area contributed by atoms with E-state index in [1.807, 2.05) is 11.9 Å². The second-order valence-corrected chi connectivity index (χ2v) is 8.03. The van der Waals surface area contributed by atoms with E-state index in [-0.39, 0.29) is 5.76 Å². The lowest BCUT2D eigenvalue weighted by molar-refractivity contribution is 0.173. The van der Waals surface area contributed by atoms with Gasteiger partial charge in [0.15, 0.2) is 0 Å². The second-order valence-electron chi connectivity index (χ2n) is 8.03. The molecule has 0 saturated carbocycles. The normalized spacial score (nSPS) is 18.3. The summed E-state index contributed by atoms with van der Waals surface area (Å²) >= 11 is 0. The number of aliphatic hydroxyl groups is 2. The highest BCUT2D eigenvalue weighted by atomic mass is 16.3. The SMILES string of the molecule is C=C(CCC(CNC)C(C)C)C/C(=C/NCCCN1C=CC(O)C(O)=C1C)N=N. The monoisotopic (exact) mass is 405 g/mol. The molecule has 7 nitrogen and oxygen atoms in total. The van der Waals surface area contributed by atoms with Crippen molar-refractivity contribution in [2.24, 2.45) is 17.0 Å². The van der Waals surface area contributed by atoms with Crippen molar-refractivity contribution in [2.75, 3.05) is 26.7 Å². The highest BCUT2D eigenvalue weighted by molar-refractivity contribution is 5.20. The summed E-state index contributed by atoms with van der Waals surface area (Å²) in [5.74, 6) is 1.26. The fraction of sp³-hybridized carbons (Fsp3) is 0.636. The minimum Gasteiger partial charge on any atom is -0.507 e. The van der Waals surface area contributed by atoms with Crippen LogP contribution in [0.25, 0.3) is 0 Å². The van der Waals surface area contributed by atoms with E-state index in [0.717, 1.165) is 44.5 Å². The molecule has 2 unspecified atom stereocenters. The van der Waals surface area contributed by atoms with Crippen molar-refractivity contribution in [1.29, 1.82) is 5.53 Å². The zero-order valence-electron chi connectivity index (χ0n) is 18.4. The average Bonchev–Trinajstić information content (AvgIpc) is 2.69. The number of aliphatic hydroxyl groups excluding tert-OH is 2. The summed E-state index contributed by atoms with van der Waals surface area (Å²) in [5.41, 5.74) is 9.86. The van der Waals surface area contributed by atoms with E-state index >= 15 is 0 Å². The van der Waals surface area contributed by atoms with Gasteiger partial charge in [0, 0.05) is 31.9 Å². The maximum Gasteiger partial charge on any atom is 0.144 e. The summed E-state index contributed by atoms with van der Waals surface area (Å²) in [7, 11) is 1.99. The first-order valence-corrected chi connectivity index (χ1v) is 10.4. The molecule has 164 valence electrons. The lowest BCUT2D eigenvalue weighted by Crippen LogP contribution is -2.27. The van der Waals surface area contributed by atoms with E-state index in [0.29, 0.717) is 29.7 Å². The van der Waals surface area contributed by atoms with Gasteiger partial charge in [-0.1, -0.05) is 26.0 Å². The molecule has 0 aromatic heterocycles. The summed E-state index contributed by atoms with van der Waals surface area (Å²) in [6.07, 6.45) is 7.74. The van der Waals surface area contributed by atoms with Crippen LogP contribution in [0.15, 0.2) is 52.9 Å². The number of nitrogens with zero attached hydrogens (tertiary/aromatic N) is 2. The Balaban J connectivity index is 2.35. The van der Waals surface area contributed by atoms with Crippen LogP contribution in [0, 0.1) is 17.4 Å². The van der Waals surface area contributed by atoms with E-state index < -0.39 is 6.10 Å². The highest BCUT2D eigenvalue weighted by Crippen LogP contribution is 2.22. The Kier molecular flexibility index (Phi) is 11.3. The highest BCUT2D eigenvalue weighted by Gasteiger charge is 2.18. The molecule has 0 fully saturated rings. The smallest absolute Gasteiger partial charge is 0.144 e. The van der Waals surface area contributed by atoms with Crippen LogP contribution in [0.1, 0.15) is 46.5 Å². The minimum absolute atomic E-state index is 0.00332. The summed E-state index contributed by atoms with van der Waals surface area (Å²) in [5, 5.41) is 29.5. The van der Waals surface area contributed by atoms with Gasteiger partial charge in [-0.05, 0) is 57.7 Å². The van der Waals surface area contributed by atoms with E-state index in [1.54, 1.807) is 25.4 Å². The number of rotatable bonds is 14. The quantitative estimate of drug-likeness (QED) is 0.170. The van der Waals surface area contributed by atoms with E-state index in [1.165, 1.54) is 0 Å². The first-order chi connectivity index (χ1) is 13.8. The Bertz CT molecular complexity index is 625. The average molecular weight is 406 g/mol. The number of hydrogen-bond donors (Lipinski definition) is 5. The van der Waals surface area contributed by atoms with E-state index in [4.69, 9.17) is 5.53 Å². The van der Waals surface area contributed by atoms with Crippen molar-refractivity contribution in [2.45, 2.75) is 52.6 Å². The zero-order valence-corrected chi connectivity index (χ0v) is 18.4. The third-order valence-corrected chi connectivity index (χ3v) is 5.37. The fourth-order valence-corrected chi connectivity index (χ4v) is 3.32. The van der Waals surface area contributed by atoms with Crippen LogP contribution < -0.4 is 10.6 Å². The molecule has 0 spiro atoms. The maximum atomic E-state index is 9.81. The van der Waals surface area contributed by atoms with Crippen molar-refractivity contribution in [3.8, 4) is 0 Å². The Morgan fingerprint density at radius 2 is 2.17 bits per heavy atom. The van der Waals surface area contributed by atoms with Gasteiger partial charge in [0.2, 0.25) is 0 Å².